The predicted molar refractivity (Wildman–Crippen MR) is 99.0 cm³/mol. The zero-order valence-corrected chi connectivity index (χ0v) is 14.2. The highest BCUT2D eigenvalue weighted by atomic mass is 16.5. The number of pyridine rings is 1. The van der Waals surface area contributed by atoms with Gasteiger partial charge >= 0.3 is 0 Å². The smallest absolute Gasteiger partial charge is 0.122 e. The van der Waals surface area contributed by atoms with Crippen molar-refractivity contribution < 1.29 is 4.74 Å². The molecule has 0 radical (unpaired) electrons. The van der Waals surface area contributed by atoms with Crippen LogP contribution in [0, 0.1) is 6.92 Å². The van der Waals surface area contributed by atoms with Crippen LogP contribution in [0.3, 0.4) is 0 Å². The minimum Gasteiger partial charge on any atom is -0.496 e. The van der Waals surface area contributed by atoms with Crippen LogP contribution in [0.5, 0.6) is 5.75 Å². The second-order valence-corrected chi connectivity index (χ2v) is 6.47. The monoisotopic (exact) mass is 318 g/mol. The summed E-state index contributed by atoms with van der Waals surface area (Å²) in [7, 11) is 1.76. The predicted octanol–water partition coefficient (Wildman–Crippen LogP) is 4.55. The zero-order chi connectivity index (χ0) is 16.5. The first-order valence-electron chi connectivity index (χ1n) is 8.50. The summed E-state index contributed by atoms with van der Waals surface area (Å²) in [5, 5.41) is 1.24. The lowest BCUT2D eigenvalue weighted by atomic mass is 9.97. The van der Waals surface area contributed by atoms with Crippen molar-refractivity contribution in [1.82, 2.24) is 4.98 Å². The van der Waals surface area contributed by atoms with E-state index >= 15 is 0 Å². The molecule has 1 aliphatic rings. The van der Waals surface area contributed by atoms with Crippen LogP contribution in [0.1, 0.15) is 23.6 Å². The van der Waals surface area contributed by atoms with E-state index in [4.69, 9.17) is 4.74 Å². The molecule has 1 unspecified atom stereocenters. The van der Waals surface area contributed by atoms with E-state index in [-0.39, 0.29) is 0 Å². The topological polar surface area (TPSA) is 25.4 Å². The Morgan fingerprint density at radius 1 is 1.08 bits per heavy atom. The van der Waals surface area contributed by atoms with Crippen molar-refractivity contribution >= 4 is 16.6 Å². The molecule has 0 bridgehead atoms. The Labute approximate surface area is 142 Å². The van der Waals surface area contributed by atoms with Crippen molar-refractivity contribution in [3.8, 4) is 5.75 Å². The number of methoxy groups -OCH3 is 1. The molecule has 1 aromatic heterocycles. The summed E-state index contributed by atoms with van der Waals surface area (Å²) in [6, 6.07) is 19.0. The summed E-state index contributed by atoms with van der Waals surface area (Å²) in [4.78, 5) is 7.16. The fraction of sp³-hybridized carbons (Fsp3) is 0.286. The standard InChI is InChI=1S/C21H22N2O/c1-15-13-20(18-8-3-5-9-19(18)22-15)23-12-11-16(14-23)17-7-4-6-10-21(17)24-2/h3-10,13,16H,11-12,14H2,1-2H3. The molecule has 3 nitrogen and oxygen atoms in total. The minimum absolute atomic E-state index is 0.508. The molecular weight excluding hydrogens is 296 g/mol. The maximum atomic E-state index is 5.56. The number of rotatable bonds is 3. The minimum atomic E-state index is 0.508. The van der Waals surface area contributed by atoms with Gasteiger partial charge in [0.15, 0.2) is 0 Å². The van der Waals surface area contributed by atoms with E-state index in [2.05, 4.69) is 65.3 Å². The van der Waals surface area contributed by atoms with E-state index in [1.807, 2.05) is 6.07 Å². The van der Waals surface area contributed by atoms with E-state index in [1.54, 1.807) is 7.11 Å². The molecular formula is C21H22N2O. The summed E-state index contributed by atoms with van der Waals surface area (Å²) in [6.45, 7) is 4.16. The SMILES string of the molecule is COc1ccccc1C1CCN(c2cc(C)nc3ccccc23)C1. The molecule has 24 heavy (non-hydrogen) atoms. The zero-order valence-electron chi connectivity index (χ0n) is 14.2. The first kappa shape index (κ1) is 15.0. The van der Waals surface area contributed by atoms with Gasteiger partial charge in [0.05, 0.1) is 12.6 Å². The molecule has 4 rings (SSSR count). The van der Waals surface area contributed by atoms with Crippen molar-refractivity contribution in [2.45, 2.75) is 19.3 Å². The summed E-state index contributed by atoms with van der Waals surface area (Å²) < 4.78 is 5.56. The van der Waals surface area contributed by atoms with Gasteiger partial charge in [0.2, 0.25) is 0 Å². The van der Waals surface area contributed by atoms with Crippen LogP contribution < -0.4 is 9.64 Å². The first-order valence-corrected chi connectivity index (χ1v) is 8.50. The second kappa shape index (κ2) is 6.16. The lowest BCUT2D eigenvalue weighted by Crippen LogP contribution is -2.20. The normalized spacial score (nSPS) is 17.4. The number of fused-ring (bicyclic) bond motifs is 1. The van der Waals surface area contributed by atoms with E-state index in [1.165, 1.54) is 16.6 Å². The van der Waals surface area contributed by atoms with Crippen LogP contribution in [-0.4, -0.2) is 25.2 Å². The number of ether oxygens (including phenoxy) is 1. The molecule has 3 aromatic rings. The molecule has 0 saturated carbocycles. The van der Waals surface area contributed by atoms with Crippen LogP contribution in [0.4, 0.5) is 5.69 Å². The van der Waals surface area contributed by atoms with E-state index in [0.29, 0.717) is 5.92 Å². The highest BCUT2D eigenvalue weighted by Gasteiger charge is 2.27. The van der Waals surface area contributed by atoms with Gasteiger partial charge in [-0.3, -0.25) is 4.98 Å². The molecule has 1 saturated heterocycles. The molecule has 0 spiro atoms. The van der Waals surface area contributed by atoms with Crippen molar-refractivity contribution in [2.75, 3.05) is 25.1 Å². The average molecular weight is 318 g/mol. The fourth-order valence-corrected chi connectivity index (χ4v) is 3.78. The Balaban J connectivity index is 1.68. The Hall–Kier alpha value is -2.55. The molecule has 2 heterocycles. The third-order valence-corrected chi connectivity index (χ3v) is 4.93. The van der Waals surface area contributed by atoms with E-state index in [0.717, 1.165) is 36.5 Å². The molecule has 2 aromatic carbocycles. The number of para-hydroxylation sites is 2. The second-order valence-electron chi connectivity index (χ2n) is 6.47. The van der Waals surface area contributed by atoms with Crippen molar-refractivity contribution in [2.24, 2.45) is 0 Å². The highest BCUT2D eigenvalue weighted by molar-refractivity contribution is 5.92. The highest BCUT2D eigenvalue weighted by Crippen LogP contribution is 2.37. The number of aromatic nitrogens is 1. The number of anilines is 1. The van der Waals surface area contributed by atoms with Gasteiger partial charge in [0.25, 0.3) is 0 Å². The Kier molecular flexibility index (Phi) is 3.85. The van der Waals surface area contributed by atoms with Crippen LogP contribution in [-0.2, 0) is 0 Å². The van der Waals surface area contributed by atoms with Crippen molar-refractivity contribution in [3.63, 3.8) is 0 Å². The third kappa shape index (κ3) is 2.60. The molecule has 122 valence electrons. The maximum Gasteiger partial charge on any atom is 0.122 e. The van der Waals surface area contributed by atoms with Gasteiger partial charge in [-0.1, -0.05) is 36.4 Å². The molecule has 0 aliphatic carbocycles. The molecule has 0 amide bonds. The Morgan fingerprint density at radius 2 is 1.88 bits per heavy atom. The quantitative estimate of drug-likeness (QED) is 0.708. The van der Waals surface area contributed by atoms with Crippen molar-refractivity contribution in [3.05, 3.63) is 65.9 Å². The van der Waals surface area contributed by atoms with Gasteiger partial charge in [-0.25, -0.2) is 0 Å². The van der Waals surface area contributed by atoms with Crippen LogP contribution in [0.25, 0.3) is 10.9 Å². The van der Waals surface area contributed by atoms with Gasteiger partial charge in [0.1, 0.15) is 5.75 Å². The molecule has 1 atom stereocenters. The number of nitrogens with zero attached hydrogens (tertiary/aromatic N) is 2. The summed E-state index contributed by atoms with van der Waals surface area (Å²) in [5.41, 5.74) is 4.77. The van der Waals surface area contributed by atoms with E-state index in [9.17, 15) is 0 Å². The maximum absolute atomic E-state index is 5.56. The van der Waals surface area contributed by atoms with Gasteiger partial charge < -0.3 is 9.64 Å². The van der Waals surface area contributed by atoms with Crippen LogP contribution >= 0.6 is 0 Å². The van der Waals surface area contributed by atoms with Gasteiger partial charge in [-0.2, -0.15) is 0 Å². The number of benzene rings is 2. The Morgan fingerprint density at radius 3 is 2.75 bits per heavy atom. The summed E-state index contributed by atoms with van der Waals surface area (Å²) in [5.74, 6) is 1.51. The molecule has 3 heteroatoms. The molecule has 1 fully saturated rings. The number of hydrogen-bond donors (Lipinski definition) is 0. The summed E-state index contributed by atoms with van der Waals surface area (Å²) in [6.07, 6.45) is 1.15. The lowest BCUT2D eigenvalue weighted by molar-refractivity contribution is 0.406. The van der Waals surface area contributed by atoms with Crippen LogP contribution in [0.2, 0.25) is 0 Å². The molecule has 1 aliphatic heterocycles. The van der Waals surface area contributed by atoms with E-state index < -0.39 is 0 Å². The van der Waals surface area contributed by atoms with Gasteiger partial charge in [-0.15, -0.1) is 0 Å². The Bertz CT molecular complexity index is 875. The first-order chi connectivity index (χ1) is 11.8. The van der Waals surface area contributed by atoms with Gasteiger partial charge in [0, 0.05) is 35.8 Å². The number of hydrogen-bond acceptors (Lipinski definition) is 3. The summed E-state index contributed by atoms with van der Waals surface area (Å²) >= 11 is 0. The lowest BCUT2D eigenvalue weighted by Gasteiger charge is -2.22. The van der Waals surface area contributed by atoms with Crippen molar-refractivity contribution in [1.29, 1.82) is 0 Å². The third-order valence-electron chi connectivity index (χ3n) is 4.93. The molecule has 0 N–H and O–H groups in total. The number of aryl methyl sites for hydroxylation is 1. The fourth-order valence-electron chi connectivity index (χ4n) is 3.78. The largest absolute Gasteiger partial charge is 0.496 e. The average Bonchev–Trinajstić information content (AvgIpc) is 3.10. The van der Waals surface area contributed by atoms with Gasteiger partial charge in [-0.05, 0) is 37.1 Å². The van der Waals surface area contributed by atoms with Crippen LogP contribution in [0.15, 0.2) is 54.6 Å².